The number of aromatic nitrogens is 1. The minimum Gasteiger partial charge on any atom is -0.491 e. The molecule has 43 heavy (non-hydrogen) atoms. The van der Waals surface area contributed by atoms with E-state index in [1.165, 1.54) is 36.4 Å². The van der Waals surface area contributed by atoms with Crippen molar-refractivity contribution >= 4 is 34.1 Å². The zero-order valence-electron chi connectivity index (χ0n) is 23.2. The van der Waals surface area contributed by atoms with Crippen molar-refractivity contribution in [1.82, 2.24) is 4.98 Å². The van der Waals surface area contributed by atoms with Crippen molar-refractivity contribution in [3.63, 3.8) is 0 Å². The fourth-order valence-corrected chi connectivity index (χ4v) is 5.49. The van der Waals surface area contributed by atoms with E-state index in [2.05, 4.69) is 15.6 Å². The predicted molar refractivity (Wildman–Crippen MR) is 155 cm³/mol. The number of fused-ring (bicyclic) bond motifs is 1. The summed E-state index contributed by atoms with van der Waals surface area (Å²) in [4.78, 5) is 30.2. The topological polar surface area (TPSA) is 98.8 Å². The molecule has 1 spiro atoms. The van der Waals surface area contributed by atoms with Crippen LogP contribution < -0.4 is 20.1 Å². The van der Waals surface area contributed by atoms with Crippen molar-refractivity contribution in [2.45, 2.75) is 50.2 Å². The van der Waals surface area contributed by atoms with E-state index in [-0.39, 0.29) is 23.1 Å². The molecule has 0 radical (unpaired) electrons. The van der Waals surface area contributed by atoms with Gasteiger partial charge in [-0.2, -0.15) is 0 Å². The van der Waals surface area contributed by atoms with Gasteiger partial charge in [0.2, 0.25) is 11.8 Å². The van der Waals surface area contributed by atoms with Gasteiger partial charge in [0.1, 0.15) is 29.3 Å². The Kier molecular flexibility index (Phi) is 6.73. The summed E-state index contributed by atoms with van der Waals surface area (Å²) in [5.41, 5.74) is 0.0689. The standard InChI is InChI=1S/C33H29F2N3O5/c34-20-1-3-21(4-2-20)37-30(39)33(14-15-33)31(40)38-22-5-8-29(26(35)17-22)42-28-10-16-36-27-18-23(6-7-25(27)28)41-19-24-9-11-32(43-24)12-13-32/h1-8,10,16-18,24H,9,11-15,19H2,(H,37,39)(H,38,40)/t24-/m0/s1. The molecular formula is C33H29F2N3O5. The minimum absolute atomic E-state index is 0.0339. The first-order valence-electron chi connectivity index (χ1n) is 14.4. The molecule has 3 aromatic carbocycles. The average Bonchev–Trinajstić information content (AvgIpc) is 3.92. The molecule has 1 atom stereocenters. The molecule has 2 N–H and O–H groups in total. The van der Waals surface area contributed by atoms with E-state index in [1.54, 1.807) is 12.3 Å². The summed E-state index contributed by atoms with van der Waals surface area (Å²) in [6, 6.07) is 16.5. The Labute approximate surface area is 246 Å². The van der Waals surface area contributed by atoms with Gasteiger partial charge in [-0.25, -0.2) is 8.78 Å². The van der Waals surface area contributed by atoms with Gasteiger partial charge in [0.15, 0.2) is 11.6 Å². The van der Waals surface area contributed by atoms with Crippen LogP contribution in [-0.2, 0) is 14.3 Å². The fourth-order valence-electron chi connectivity index (χ4n) is 5.49. The van der Waals surface area contributed by atoms with Gasteiger partial charge in [-0.05, 0) is 93.1 Å². The second-order valence-electron chi connectivity index (χ2n) is 11.5. The van der Waals surface area contributed by atoms with Gasteiger partial charge in [-0.15, -0.1) is 0 Å². The molecule has 1 aliphatic heterocycles. The third-order valence-electron chi connectivity index (χ3n) is 8.39. The normalized spacial score (nSPS) is 19.2. The Morgan fingerprint density at radius 2 is 1.60 bits per heavy atom. The van der Waals surface area contributed by atoms with Crippen LogP contribution in [0, 0.1) is 17.0 Å². The van der Waals surface area contributed by atoms with Crippen LogP contribution in [0.2, 0.25) is 0 Å². The lowest BCUT2D eigenvalue weighted by atomic mass is 10.0. The molecule has 3 fully saturated rings. The second-order valence-corrected chi connectivity index (χ2v) is 11.5. The number of carbonyl (C=O) groups is 2. The Bertz CT molecular complexity index is 1720. The van der Waals surface area contributed by atoms with Crippen LogP contribution in [0.4, 0.5) is 20.2 Å². The van der Waals surface area contributed by atoms with E-state index in [1.807, 2.05) is 18.2 Å². The van der Waals surface area contributed by atoms with Gasteiger partial charge in [-0.3, -0.25) is 14.6 Å². The fraction of sp³-hybridized carbons (Fsp3) is 0.303. The largest absolute Gasteiger partial charge is 0.491 e. The maximum atomic E-state index is 15.1. The first kappa shape index (κ1) is 27.3. The lowest BCUT2D eigenvalue weighted by Crippen LogP contribution is -2.35. The predicted octanol–water partition coefficient (Wildman–Crippen LogP) is 6.75. The number of carbonyl (C=O) groups excluding carboxylic acids is 2. The smallest absolute Gasteiger partial charge is 0.240 e. The monoisotopic (exact) mass is 585 g/mol. The van der Waals surface area contributed by atoms with Gasteiger partial charge < -0.3 is 24.8 Å². The highest BCUT2D eigenvalue weighted by atomic mass is 19.1. The Hall–Kier alpha value is -4.57. The molecule has 10 heteroatoms. The number of hydrogen-bond donors (Lipinski definition) is 2. The molecule has 0 bridgehead atoms. The van der Waals surface area contributed by atoms with E-state index in [9.17, 15) is 14.0 Å². The Morgan fingerprint density at radius 1 is 0.860 bits per heavy atom. The number of benzene rings is 3. The molecule has 2 saturated carbocycles. The summed E-state index contributed by atoms with van der Waals surface area (Å²) in [6.45, 7) is 0.484. The first-order chi connectivity index (χ1) is 20.8. The third-order valence-corrected chi connectivity index (χ3v) is 8.39. The van der Waals surface area contributed by atoms with Gasteiger partial charge in [0.25, 0.3) is 0 Å². The minimum atomic E-state index is -1.26. The van der Waals surface area contributed by atoms with Crippen molar-refractivity contribution in [2.24, 2.45) is 5.41 Å². The maximum Gasteiger partial charge on any atom is 0.240 e. The van der Waals surface area contributed by atoms with Gasteiger partial charge in [0, 0.05) is 35.1 Å². The molecule has 0 unspecified atom stereocenters. The zero-order valence-corrected chi connectivity index (χ0v) is 23.2. The first-order valence-corrected chi connectivity index (χ1v) is 14.4. The number of halogens is 2. The molecular weight excluding hydrogens is 556 g/mol. The number of hydrogen-bond acceptors (Lipinski definition) is 6. The summed E-state index contributed by atoms with van der Waals surface area (Å²) in [7, 11) is 0. The van der Waals surface area contributed by atoms with Crippen LogP contribution in [-0.4, -0.2) is 35.1 Å². The SMILES string of the molecule is O=C(Nc1ccc(F)cc1)C1(C(=O)Nc2ccc(Oc3ccnc4cc(OC[C@@H]5CCC6(CC6)O5)ccc34)c(F)c2)CC1. The van der Waals surface area contributed by atoms with Gasteiger partial charge in [0.05, 0.1) is 17.2 Å². The van der Waals surface area contributed by atoms with Gasteiger partial charge in [-0.1, -0.05) is 0 Å². The quantitative estimate of drug-likeness (QED) is 0.211. The van der Waals surface area contributed by atoms with E-state index in [0.717, 1.165) is 31.7 Å². The summed E-state index contributed by atoms with van der Waals surface area (Å²) in [5, 5.41) is 5.97. The van der Waals surface area contributed by atoms with Crippen LogP contribution >= 0.6 is 0 Å². The molecule has 4 aromatic rings. The highest BCUT2D eigenvalue weighted by Crippen LogP contribution is 2.50. The Morgan fingerprint density at radius 3 is 2.30 bits per heavy atom. The average molecular weight is 586 g/mol. The number of pyridine rings is 1. The molecule has 1 aromatic heterocycles. The number of anilines is 2. The number of nitrogens with one attached hydrogen (secondary N) is 2. The van der Waals surface area contributed by atoms with Crippen LogP contribution in [0.3, 0.4) is 0 Å². The summed E-state index contributed by atoms with van der Waals surface area (Å²) >= 11 is 0. The number of amides is 2. The second kappa shape index (κ2) is 10.6. The van der Waals surface area contributed by atoms with Gasteiger partial charge >= 0.3 is 0 Å². The Balaban J connectivity index is 0.992. The maximum absolute atomic E-state index is 15.1. The van der Waals surface area contributed by atoms with Crippen molar-refractivity contribution < 1.29 is 32.6 Å². The molecule has 7 rings (SSSR count). The summed E-state index contributed by atoms with van der Waals surface area (Å²) in [5.74, 6) is -1.10. The molecule has 2 amide bonds. The molecule has 8 nitrogen and oxygen atoms in total. The van der Waals surface area contributed by atoms with Crippen LogP contribution in [0.1, 0.15) is 38.5 Å². The molecule has 220 valence electrons. The van der Waals surface area contributed by atoms with Crippen LogP contribution in [0.5, 0.6) is 17.2 Å². The molecule has 1 saturated heterocycles. The molecule has 2 heterocycles. The zero-order chi connectivity index (χ0) is 29.6. The summed E-state index contributed by atoms with van der Waals surface area (Å²) in [6.07, 6.45) is 6.78. The van der Waals surface area contributed by atoms with E-state index in [4.69, 9.17) is 14.2 Å². The van der Waals surface area contributed by atoms with Crippen molar-refractivity contribution in [1.29, 1.82) is 0 Å². The van der Waals surface area contributed by atoms with E-state index < -0.39 is 28.9 Å². The summed E-state index contributed by atoms with van der Waals surface area (Å²) < 4.78 is 46.3. The highest BCUT2D eigenvalue weighted by molar-refractivity contribution is 6.16. The van der Waals surface area contributed by atoms with E-state index >= 15 is 4.39 Å². The van der Waals surface area contributed by atoms with Crippen LogP contribution in [0.15, 0.2) is 72.9 Å². The molecule has 2 aliphatic carbocycles. The van der Waals surface area contributed by atoms with Crippen molar-refractivity contribution in [2.75, 3.05) is 17.2 Å². The third kappa shape index (κ3) is 5.62. The lowest BCUT2D eigenvalue weighted by Gasteiger charge is -2.16. The van der Waals surface area contributed by atoms with Crippen molar-refractivity contribution in [3.8, 4) is 17.2 Å². The highest BCUT2D eigenvalue weighted by Gasteiger charge is 2.56. The lowest BCUT2D eigenvalue weighted by molar-refractivity contribution is -0.131. The number of nitrogens with zero attached hydrogens (tertiary/aromatic N) is 1. The molecule has 3 aliphatic rings. The van der Waals surface area contributed by atoms with Crippen LogP contribution in [0.25, 0.3) is 10.9 Å². The number of rotatable bonds is 9. The number of ether oxygens (including phenoxy) is 3. The van der Waals surface area contributed by atoms with Crippen molar-refractivity contribution in [3.05, 3.63) is 84.6 Å². The van der Waals surface area contributed by atoms with E-state index in [0.29, 0.717) is 47.5 Å².